The molecule has 0 saturated carbocycles. The van der Waals surface area contributed by atoms with Crippen LogP contribution in [0, 0.1) is 0 Å². The SMILES string of the molecule is COc1ccc(C(=O)Nc2cccc(C(N)=O)c2)cc1Br. The molecule has 0 bridgehead atoms. The van der Waals surface area contributed by atoms with Crippen molar-refractivity contribution in [2.75, 3.05) is 12.4 Å². The van der Waals surface area contributed by atoms with Crippen LogP contribution in [0.4, 0.5) is 5.69 Å². The van der Waals surface area contributed by atoms with Gasteiger partial charge in [-0.05, 0) is 52.3 Å². The van der Waals surface area contributed by atoms with Gasteiger partial charge in [0.05, 0.1) is 11.6 Å². The Balaban J connectivity index is 2.20. The molecule has 0 saturated heterocycles. The number of halogens is 1. The normalized spacial score (nSPS) is 10.0. The van der Waals surface area contributed by atoms with Crippen LogP contribution in [-0.2, 0) is 0 Å². The molecule has 2 aromatic rings. The van der Waals surface area contributed by atoms with Crippen LogP contribution in [0.5, 0.6) is 5.75 Å². The molecule has 0 radical (unpaired) electrons. The summed E-state index contributed by atoms with van der Waals surface area (Å²) in [5.74, 6) is -0.194. The average molecular weight is 349 g/mol. The molecule has 3 N–H and O–H groups in total. The summed E-state index contributed by atoms with van der Waals surface area (Å²) < 4.78 is 5.79. The maximum atomic E-state index is 12.2. The Labute approximate surface area is 130 Å². The number of methoxy groups -OCH3 is 1. The number of hydrogen-bond acceptors (Lipinski definition) is 3. The molecule has 21 heavy (non-hydrogen) atoms. The van der Waals surface area contributed by atoms with Gasteiger partial charge in [0.1, 0.15) is 5.75 Å². The Bertz CT molecular complexity index is 701. The lowest BCUT2D eigenvalue weighted by Gasteiger charge is -2.08. The molecule has 2 amide bonds. The molecule has 108 valence electrons. The van der Waals surface area contributed by atoms with Gasteiger partial charge in [0, 0.05) is 16.8 Å². The van der Waals surface area contributed by atoms with E-state index in [0.717, 1.165) is 0 Å². The minimum absolute atomic E-state index is 0.292. The van der Waals surface area contributed by atoms with Gasteiger partial charge >= 0.3 is 0 Å². The van der Waals surface area contributed by atoms with Gasteiger partial charge in [-0.3, -0.25) is 9.59 Å². The summed E-state index contributed by atoms with van der Waals surface area (Å²) >= 11 is 3.33. The van der Waals surface area contributed by atoms with Crippen LogP contribution in [-0.4, -0.2) is 18.9 Å². The first-order valence-corrected chi connectivity index (χ1v) is 6.85. The van der Waals surface area contributed by atoms with Crippen molar-refractivity contribution >= 4 is 33.4 Å². The van der Waals surface area contributed by atoms with Crippen molar-refractivity contribution in [1.29, 1.82) is 0 Å². The number of hydrogen-bond donors (Lipinski definition) is 2. The molecule has 0 aliphatic heterocycles. The highest BCUT2D eigenvalue weighted by Crippen LogP contribution is 2.26. The fraction of sp³-hybridized carbons (Fsp3) is 0.0667. The molecule has 0 atom stereocenters. The van der Waals surface area contributed by atoms with E-state index in [1.54, 1.807) is 43.5 Å². The number of anilines is 1. The van der Waals surface area contributed by atoms with Gasteiger partial charge in [-0.2, -0.15) is 0 Å². The lowest BCUT2D eigenvalue weighted by Crippen LogP contribution is -2.14. The maximum Gasteiger partial charge on any atom is 0.255 e. The number of benzene rings is 2. The van der Waals surface area contributed by atoms with Gasteiger partial charge < -0.3 is 15.8 Å². The standard InChI is InChI=1S/C15H13BrN2O3/c1-21-13-6-5-10(8-12(13)16)15(20)18-11-4-2-3-9(7-11)14(17)19/h2-8H,1H3,(H2,17,19)(H,18,20). The van der Waals surface area contributed by atoms with Crippen LogP contribution in [0.3, 0.4) is 0 Å². The smallest absolute Gasteiger partial charge is 0.255 e. The largest absolute Gasteiger partial charge is 0.496 e. The minimum atomic E-state index is -0.543. The molecule has 5 nitrogen and oxygen atoms in total. The van der Waals surface area contributed by atoms with Gasteiger partial charge in [0.25, 0.3) is 5.91 Å². The summed E-state index contributed by atoms with van der Waals surface area (Å²) in [6.07, 6.45) is 0. The van der Waals surface area contributed by atoms with Crippen molar-refractivity contribution in [2.45, 2.75) is 0 Å². The van der Waals surface area contributed by atoms with Crippen LogP contribution in [0.25, 0.3) is 0 Å². The second kappa shape index (κ2) is 6.41. The summed E-state index contributed by atoms with van der Waals surface area (Å²) in [4.78, 5) is 23.3. The summed E-state index contributed by atoms with van der Waals surface area (Å²) in [5.41, 5.74) is 6.51. The van der Waals surface area contributed by atoms with Crippen LogP contribution in [0.2, 0.25) is 0 Å². The number of carbonyl (C=O) groups is 2. The fourth-order valence-corrected chi connectivity index (χ4v) is 2.30. The third-order valence-corrected chi connectivity index (χ3v) is 3.44. The van der Waals surface area contributed by atoms with Crippen molar-refractivity contribution in [3.05, 3.63) is 58.1 Å². The summed E-state index contributed by atoms with van der Waals surface area (Å²) in [6.45, 7) is 0. The highest BCUT2D eigenvalue weighted by Gasteiger charge is 2.10. The van der Waals surface area contributed by atoms with Crippen LogP contribution >= 0.6 is 15.9 Å². The van der Waals surface area contributed by atoms with E-state index in [9.17, 15) is 9.59 Å². The van der Waals surface area contributed by atoms with Crippen molar-refractivity contribution in [1.82, 2.24) is 0 Å². The average Bonchev–Trinajstić information content (AvgIpc) is 2.47. The van der Waals surface area contributed by atoms with E-state index in [2.05, 4.69) is 21.2 Å². The number of nitrogens with one attached hydrogen (secondary N) is 1. The van der Waals surface area contributed by atoms with Crippen molar-refractivity contribution < 1.29 is 14.3 Å². The molecular formula is C15H13BrN2O3. The Morgan fingerprint density at radius 1 is 1.14 bits per heavy atom. The topological polar surface area (TPSA) is 81.4 Å². The van der Waals surface area contributed by atoms with Crippen LogP contribution in [0.15, 0.2) is 46.9 Å². The second-order valence-corrected chi connectivity index (χ2v) is 5.10. The minimum Gasteiger partial charge on any atom is -0.496 e. The summed E-state index contributed by atoms with van der Waals surface area (Å²) in [6, 6.07) is 11.4. The number of carbonyl (C=O) groups excluding carboxylic acids is 2. The predicted molar refractivity (Wildman–Crippen MR) is 83.6 cm³/mol. The second-order valence-electron chi connectivity index (χ2n) is 4.25. The highest BCUT2D eigenvalue weighted by molar-refractivity contribution is 9.10. The van der Waals surface area contributed by atoms with Gasteiger partial charge in [-0.1, -0.05) is 6.07 Å². The molecule has 6 heteroatoms. The van der Waals surface area contributed by atoms with Crippen molar-refractivity contribution in [3.8, 4) is 5.75 Å². The monoisotopic (exact) mass is 348 g/mol. The number of rotatable bonds is 4. The Morgan fingerprint density at radius 2 is 1.90 bits per heavy atom. The van der Waals surface area contributed by atoms with E-state index in [1.165, 1.54) is 6.07 Å². The third kappa shape index (κ3) is 3.61. The zero-order chi connectivity index (χ0) is 15.4. The fourth-order valence-electron chi connectivity index (χ4n) is 1.76. The summed E-state index contributed by atoms with van der Waals surface area (Å²) in [7, 11) is 1.55. The molecule has 0 unspecified atom stereocenters. The molecule has 2 rings (SSSR count). The van der Waals surface area contributed by atoms with E-state index < -0.39 is 5.91 Å². The molecule has 2 aromatic carbocycles. The van der Waals surface area contributed by atoms with Gasteiger partial charge in [-0.15, -0.1) is 0 Å². The van der Waals surface area contributed by atoms with E-state index >= 15 is 0 Å². The van der Waals surface area contributed by atoms with Crippen LogP contribution < -0.4 is 15.8 Å². The number of nitrogens with two attached hydrogens (primary N) is 1. The van der Waals surface area contributed by atoms with Gasteiger partial charge in [0.2, 0.25) is 5.91 Å². The molecule has 0 aromatic heterocycles. The third-order valence-electron chi connectivity index (χ3n) is 2.82. The molecule has 0 aliphatic rings. The van der Waals surface area contributed by atoms with Gasteiger partial charge in [-0.25, -0.2) is 0 Å². The molecule has 0 aliphatic carbocycles. The van der Waals surface area contributed by atoms with Crippen molar-refractivity contribution in [3.63, 3.8) is 0 Å². The summed E-state index contributed by atoms with van der Waals surface area (Å²) in [5, 5.41) is 2.71. The molecular weight excluding hydrogens is 336 g/mol. The number of amides is 2. The van der Waals surface area contributed by atoms with Crippen molar-refractivity contribution in [2.24, 2.45) is 5.73 Å². The lowest BCUT2D eigenvalue weighted by atomic mass is 10.1. The van der Waals surface area contributed by atoms with E-state index in [4.69, 9.17) is 10.5 Å². The number of primary amides is 1. The van der Waals surface area contributed by atoms with Gasteiger partial charge in [0.15, 0.2) is 0 Å². The zero-order valence-electron chi connectivity index (χ0n) is 11.2. The molecule has 0 spiro atoms. The first-order chi connectivity index (χ1) is 10.0. The first-order valence-electron chi connectivity index (χ1n) is 6.06. The number of ether oxygens (including phenoxy) is 1. The highest BCUT2D eigenvalue weighted by atomic mass is 79.9. The molecule has 0 heterocycles. The quantitative estimate of drug-likeness (QED) is 0.891. The Hall–Kier alpha value is -2.34. The van der Waals surface area contributed by atoms with Crippen LogP contribution in [0.1, 0.15) is 20.7 Å². The first kappa shape index (κ1) is 15.1. The zero-order valence-corrected chi connectivity index (χ0v) is 12.8. The Morgan fingerprint density at radius 3 is 2.52 bits per heavy atom. The predicted octanol–water partition coefficient (Wildman–Crippen LogP) is 2.81. The van der Waals surface area contributed by atoms with E-state index in [-0.39, 0.29) is 5.91 Å². The lowest BCUT2D eigenvalue weighted by molar-refractivity contribution is 0.0996. The maximum absolute atomic E-state index is 12.2. The van der Waals surface area contributed by atoms with E-state index in [0.29, 0.717) is 27.0 Å². The Kier molecular flexibility index (Phi) is 4.59. The molecule has 0 fully saturated rings. The van der Waals surface area contributed by atoms with E-state index in [1.807, 2.05) is 0 Å².